The number of benzene rings is 1. The van der Waals surface area contributed by atoms with Crippen LogP contribution in [0.1, 0.15) is 25.0 Å². The third-order valence-electron chi connectivity index (χ3n) is 2.31. The molecule has 2 heteroatoms. The second kappa shape index (κ2) is 4.37. The Bertz CT molecular complexity index is 347. The average Bonchev–Trinajstić information content (AvgIpc) is 2.02. The lowest BCUT2D eigenvalue weighted by Crippen LogP contribution is -2.15. The van der Waals surface area contributed by atoms with Crippen LogP contribution in [0.25, 0.3) is 0 Å². The molecule has 0 N–H and O–H groups in total. The highest BCUT2D eigenvalue weighted by molar-refractivity contribution is 6.55. The van der Waals surface area contributed by atoms with Gasteiger partial charge in [-0.2, -0.15) is 0 Å². The van der Waals surface area contributed by atoms with Crippen molar-refractivity contribution in [2.24, 2.45) is 0 Å². The van der Waals surface area contributed by atoms with E-state index in [2.05, 4.69) is 32.9 Å². The lowest BCUT2D eigenvalue weighted by Gasteiger charge is -2.23. The molecule has 0 nitrogen and oxygen atoms in total. The van der Waals surface area contributed by atoms with Crippen LogP contribution in [0, 0.1) is 6.92 Å². The van der Waals surface area contributed by atoms with E-state index in [4.69, 9.17) is 23.2 Å². The van der Waals surface area contributed by atoms with Crippen molar-refractivity contribution in [3.05, 3.63) is 46.0 Å². The number of hydrogen-bond donors (Lipinski definition) is 0. The number of hydrogen-bond acceptors (Lipinski definition) is 0. The summed E-state index contributed by atoms with van der Waals surface area (Å²) < 4.78 is 0.318. The second-order valence-electron chi connectivity index (χ2n) is 3.97. The van der Waals surface area contributed by atoms with Gasteiger partial charge < -0.3 is 0 Å². The predicted octanol–water partition coefficient (Wildman–Crippen LogP) is 4.59. The van der Waals surface area contributed by atoms with Gasteiger partial charge in [-0.1, -0.05) is 61.3 Å². The van der Waals surface area contributed by atoms with Gasteiger partial charge in [0.05, 0.1) is 0 Å². The summed E-state index contributed by atoms with van der Waals surface area (Å²) in [5, 5.41) is 0. The molecule has 1 rings (SSSR count). The Morgan fingerprint density at radius 1 is 1.21 bits per heavy atom. The van der Waals surface area contributed by atoms with Crippen LogP contribution in [0.5, 0.6) is 0 Å². The minimum atomic E-state index is -0.121. The molecule has 0 amide bonds. The quantitative estimate of drug-likeness (QED) is 0.695. The number of allylic oxidation sites excluding steroid dienone is 1. The molecular formula is C12H14Cl2. The molecule has 1 aromatic rings. The number of halogens is 2. The van der Waals surface area contributed by atoms with Gasteiger partial charge in [-0.05, 0) is 24.1 Å². The highest BCUT2D eigenvalue weighted by Crippen LogP contribution is 2.30. The van der Waals surface area contributed by atoms with Crippen LogP contribution in [0.3, 0.4) is 0 Å². The van der Waals surface area contributed by atoms with E-state index in [1.54, 1.807) is 0 Å². The Labute approximate surface area is 95.5 Å². The van der Waals surface area contributed by atoms with Gasteiger partial charge in [0.15, 0.2) is 0 Å². The van der Waals surface area contributed by atoms with Gasteiger partial charge in [-0.3, -0.25) is 0 Å². The third kappa shape index (κ3) is 2.76. The average molecular weight is 229 g/mol. The molecule has 0 radical (unpaired) electrons. The van der Waals surface area contributed by atoms with Gasteiger partial charge in [0.1, 0.15) is 4.49 Å². The summed E-state index contributed by atoms with van der Waals surface area (Å²) in [5.74, 6) is 0. The minimum absolute atomic E-state index is 0.121. The lowest BCUT2D eigenvalue weighted by molar-refractivity contribution is 0.664. The Morgan fingerprint density at radius 3 is 2.29 bits per heavy atom. The molecule has 0 aliphatic heterocycles. The zero-order chi connectivity index (χ0) is 10.8. The van der Waals surface area contributed by atoms with Crippen molar-refractivity contribution >= 4 is 23.2 Å². The molecule has 0 saturated heterocycles. The molecule has 0 aliphatic carbocycles. The molecule has 0 heterocycles. The van der Waals surface area contributed by atoms with Gasteiger partial charge in [-0.25, -0.2) is 0 Å². The van der Waals surface area contributed by atoms with Gasteiger partial charge in [0.2, 0.25) is 0 Å². The van der Waals surface area contributed by atoms with Crippen molar-refractivity contribution in [2.75, 3.05) is 0 Å². The molecule has 0 spiro atoms. The molecule has 0 saturated carbocycles. The molecule has 0 atom stereocenters. The summed E-state index contributed by atoms with van der Waals surface area (Å²) in [6.07, 6.45) is 1.86. The summed E-state index contributed by atoms with van der Waals surface area (Å²) in [6.45, 7) is 6.28. The minimum Gasteiger partial charge on any atom is -0.0712 e. The SMILES string of the molecule is Cc1ccccc1C(C)(C)C=C(Cl)Cl. The summed E-state index contributed by atoms with van der Waals surface area (Å²) in [7, 11) is 0. The van der Waals surface area contributed by atoms with Crippen molar-refractivity contribution in [3.8, 4) is 0 Å². The highest BCUT2D eigenvalue weighted by Gasteiger charge is 2.19. The van der Waals surface area contributed by atoms with Crippen molar-refractivity contribution < 1.29 is 0 Å². The monoisotopic (exact) mass is 228 g/mol. The van der Waals surface area contributed by atoms with Crippen molar-refractivity contribution in [3.63, 3.8) is 0 Å². The standard InChI is InChI=1S/C12H14Cl2/c1-9-6-4-5-7-10(9)12(2,3)8-11(13)14/h4-8H,1-3H3. The van der Waals surface area contributed by atoms with Crippen molar-refractivity contribution in [1.29, 1.82) is 0 Å². The topological polar surface area (TPSA) is 0 Å². The van der Waals surface area contributed by atoms with E-state index in [1.165, 1.54) is 11.1 Å². The maximum atomic E-state index is 5.69. The van der Waals surface area contributed by atoms with Gasteiger partial charge in [0.25, 0.3) is 0 Å². The molecule has 0 bridgehead atoms. The summed E-state index contributed by atoms with van der Waals surface area (Å²) in [5.41, 5.74) is 2.38. The largest absolute Gasteiger partial charge is 0.103 e. The third-order valence-corrected chi connectivity index (χ3v) is 2.53. The molecule has 0 aliphatic rings. The predicted molar refractivity (Wildman–Crippen MR) is 64.0 cm³/mol. The van der Waals surface area contributed by atoms with E-state index < -0.39 is 0 Å². The fourth-order valence-electron chi connectivity index (χ4n) is 1.65. The van der Waals surface area contributed by atoms with Crippen LogP contribution in [-0.4, -0.2) is 0 Å². The lowest BCUT2D eigenvalue weighted by atomic mass is 9.82. The normalized spacial score (nSPS) is 11.2. The molecule has 0 unspecified atom stereocenters. The zero-order valence-electron chi connectivity index (χ0n) is 8.64. The fourth-order valence-corrected chi connectivity index (χ4v) is 2.19. The molecule has 14 heavy (non-hydrogen) atoms. The summed E-state index contributed by atoms with van der Waals surface area (Å²) in [4.78, 5) is 0. The van der Waals surface area contributed by atoms with E-state index in [1.807, 2.05) is 18.2 Å². The maximum absolute atomic E-state index is 5.69. The first-order valence-corrected chi connectivity index (χ1v) is 5.29. The maximum Gasteiger partial charge on any atom is 0.103 e. The van der Waals surface area contributed by atoms with Crippen LogP contribution in [0.15, 0.2) is 34.8 Å². The Hall–Kier alpha value is -0.460. The molecule has 1 aromatic carbocycles. The van der Waals surface area contributed by atoms with Crippen molar-refractivity contribution in [1.82, 2.24) is 0 Å². The van der Waals surface area contributed by atoms with Crippen LogP contribution < -0.4 is 0 Å². The Balaban J connectivity index is 3.16. The molecule has 0 aromatic heterocycles. The van der Waals surface area contributed by atoms with Crippen LogP contribution in [-0.2, 0) is 5.41 Å². The summed E-state index contributed by atoms with van der Waals surface area (Å²) in [6, 6.07) is 8.25. The van der Waals surface area contributed by atoms with E-state index in [0.29, 0.717) is 4.49 Å². The second-order valence-corrected chi connectivity index (χ2v) is 4.98. The molecule has 76 valence electrons. The van der Waals surface area contributed by atoms with Crippen LogP contribution in [0.4, 0.5) is 0 Å². The van der Waals surface area contributed by atoms with E-state index >= 15 is 0 Å². The summed E-state index contributed by atoms with van der Waals surface area (Å²) >= 11 is 11.4. The van der Waals surface area contributed by atoms with Gasteiger partial charge in [0, 0.05) is 5.41 Å². The first-order valence-electron chi connectivity index (χ1n) is 4.53. The highest BCUT2D eigenvalue weighted by atomic mass is 35.5. The van der Waals surface area contributed by atoms with Crippen LogP contribution in [0.2, 0.25) is 0 Å². The van der Waals surface area contributed by atoms with E-state index in [9.17, 15) is 0 Å². The van der Waals surface area contributed by atoms with Gasteiger partial charge in [-0.15, -0.1) is 0 Å². The van der Waals surface area contributed by atoms with E-state index in [0.717, 1.165) is 0 Å². The number of aryl methyl sites for hydroxylation is 1. The van der Waals surface area contributed by atoms with Gasteiger partial charge >= 0.3 is 0 Å². The Kier molecular flexibility index (Phi) is 3.63. The van der Waals surface area contributed by atoms with Crippen molar-refractivity contribution in [2.45, 2.75) is 26.2 Å². The number of rotatable bonds is 2. The smallest absolute Gasteiger partial charge is 0.0712 e. The molecule has 0 fully saturated rings. The first kappa shape index (κ1) is 11.6. The zero-order valence-corrected chi connectivity index (χ0v) is 10.2. The van der Waals surface area contributed by atoms with E-state index in [-0.39, 0.29) is 5.41 Å². The fraction of sp³-hybridized carbons (Fsp3) is 0.333. The Morgan fingerprint density at radius 2 is 1.79 bits per heavy atom. The molecular weight excluding hydrogens is 215 g/mol. The van der Waals surface area contributed by atoms with Crippen LogP contribution >= 0.6 is 23.2 Å². The first-order chi connectivity index (χ1) is 6.43.